The standard InChI is InChI=1S/C70H136O17P2/c1-7-10-12-14-16-18-20-21-23-28-35-41-47-53-68(73)81-58-65(86-69(74)54-48-42-36-29-25-24-26-32-38-44-50-62(4)5)60-84-88(76,77)82-56-64(71)57-83-89(78,79)85-61-66(59-80-67(72)52-46-40-34-27-22-19-17-15-13-11-8-2)87-70(75)55-49-43-37-31-30-33-39-45-51-63(6)9-3/h62-66,71H,7-61H2,1-6H3,(H,76,77)(H,78,79)/t63?,64-,65-,66-/m1/s1. The summed E-state index contributed by atoms with van der Waals surface area (Å²) in [4.78, 5) is 72.6. The maximum Gasteiger partial charge on any atom is 0.472 e. The maximum absolute atomic E-state index is 13.0. The van der Waals surface area contributed by atoms with Gasteiger partial charge >= 0.3 is 39.5 Å². The van der Waals surface area contributed by atoms with Crippen molar-refractivity contribution < 1.29 is 80.2 Å². The van der Waals surface area contributed by atoms with Crippen molar-refractivity contribution in [3.63, 3.8) is 0 Å². The van der Waals surface area contributed by atoms with E-state index in [-0.39, 0.29) is 25.7 Å². The van der Waals surface area contributed by atoms with E-state index in [0.717, 1.165) is 102 Å². The van der Waals surface area contributed by atoms with E-state index in [0.29, 0.717) is 25.7 Å². The van der Waals surface area contributed by atoms with Gasteiger partial charge in [-0.1, -0.05) is 305 Å². The molecule has 0 spiro atoms. The summed E-state index contributed by atoms with van der Waals surface area (Å²) in [6.45, 7) is 9.54. The monoisotopic (exact) mass is 1310 g/mol. The summed E-state index contributed by atoms with van der Waals surface area (Å²) >= 11 is 0. The number of unbranched alkanes of at least 4 members (excludes halogenated alkanes) is 38. The van der Waals surface area contributed by atoms with E-state index in [1.165, 1.54) is 173 Å². The van der Waals surface area contributed by atoms with Gasteiger partial charge in [0.2, 0.25) is 0 Å². The lowest BCUT2D eigenvalue weighted by atomic mass is 9.99. The molecule has 0 aromatic carbocycles. The molecule has 0 aliphatic heterocycles. The molecule has 0 rings (SSSR count). The molecular formula is C70H136O17P2. The summed E-state index contributed by atoms with van der Waals surface area (Å²) in [7, 11) is -9.90. The van der Waals surface area contributed by atoms with Crippen molar-refractivity contribution in [1.82, 2.24) is 0 Å². The van der Waals surface area contributed by atoms with Crippen LogP contribution < -0.4 is 0 Å². The molecule has 0 aliphatic carbocycles. The lowest BCUT2D eigenvalue weighted by molar-refractivity contribution is -0.161. The van der Waals surface area contributed by atoms with Gasteiger partial charge in [-0.05, 0) is 37.5 Å². The predicted octanol–water partition coefficient (Wildman–Crippen LogP) is 20.0. The molecule has 19 heteroatoms. The minimum absolute atomic E-state index is 0.105. The van der Waals surface area contributed by atoms with Gasteiger partial charge in [-0.25, -0.2) is 9.13 Å². The highest BCUT2D eigenvalue weighted by Gasteiger charge is 2.30. The van der Waals surface area contributed by atoms with Crippen LogP contribution in [-0.2, 0) is 65.4 Å². The number of esters is 4. The fourth-order valence-electron chi connectivity index (χ4n) is 10.6. The summed E-state index contributed by atoms with van der Waals surface area (Å²) in [5.41, 5.74) is 0. The van der Waals surface area contributed by atoms with Crippen molar-refractivity contribution in [2.45, 2.75) is 374 Å². The topological polar surface area (TPSA) is 237 Å². The molecule has 0 aliphatic rings. The van der Waals surface area contributed by atoms with Gasteiger partial charge in [0.1, 0.15) is 19.3 Å². The summed E-state index contributed by atoms with van der Waals surface area (Å²) in [6.07, 6.45) is 47.0. The Kier molecular flexibility index (Phi) is 60.8. The Morgan fingerprint density at radius 3 is 0.854 bits per heavy atom. The molecule has 528 valence electrons. The van der Waals surface area contributed by atoms with E-state index in [1.807, 2.05) is 0 Å². The third-order valence-corrected chi connectivity index (χ3v) is 18.5. The van der Waals surface area contributed by atoms with Gasteiger partial charge in [0.05, 0.1) is 26.4 Å². The van der Waals surface area contributed by atoms with Crippen molar-refractivity contribution in [1.29, 1.82) is 0 Å². The quantitative estimate of drug-likeness (QED) is 0.0222. The molecule has 17 nitrogen and oxygen atoms in total. The first kappa shape index (κ1) is 87.1. The van der Waals surface area contributed by atoms with E-state index >= 15 is 0 Å². The zero-order valence-electron chi connectivity index (χ0n) is 57.7. The molecule has 0 amide bonds. The van der Waals surface area contributed by atoms with Crippen LogP contribution in [-0.4, -0.2) is 96.7 Å². The number of aliphatic hydroxyl groups is 1. The molecule has 3 N–H and O–H groups in total. The van der Waals surface area contributed by atoms with Crippen LogP contribution in [0.2, 0.25) is 0 Å². The fraction of sp³-hybridized carbons (Fsp3) is 0.943. The Balaban J connectivity index is 5.26. The van der Waals surface area contributed by atoms with Crippen LogP contribution >= 0.6 is 15.6 Å². The number of carbonyl (C=O) groups excluding carboxylic acids is 4. The van der Waals surface area contributed by atoms with Crippen LogP contribution in [0.1, 0.15) is 356 Å². The Morgan fingerprint density at radius 1 is 0.326 bits per heavy atom. The van der Waals surface area contributed by atoms with E-state index in [1.54, 1.807) is 0 Å². The number of hydrogen-bond donors (Lipinski definition) is 3. The van der Waals surface area contributed by atoms with Crippen LogP contribution in [0.4, 0.5) is 0 Å². The largest absolute Gasteiger partial charge is 0.472 e. The van der Waals surface area contributed by atoms with E-state index in [2.05, 4.69) is 41.5 Å². The first-order chi connectivity index (χ1) is 42.9. The molecule has 0 fully saturated rings. The highest BCUT2D eigenvalue weighted by atomic mass is 31.2. The van der Waals surface area contributed by atoms with E-state index < -0.39 is 97.5 Å². The molecular weight excluding hydrogens is 1170 g/mol. The van der Waals surface area contributed by atoms with Gasteiger partial charge in [-0.15, -0.1) is 0 Å². The summed E-state index contributed by atoms with van der Waals surface area (Å²) in [6, 6.07) is 0. The Labute approximate surface area is 543 Å². The highest BCUT2D eigenvalue weighted by molar-refractivity contribution is 7.47. The van der Waals surface area contributed by atoms with Crippen molar-refractivity contribution in [2.24, 2.45) is 11.8 Å². The fourth-order valence-corrected chi connectivity index (χ4v) is 12.1. The Hall–Kier alpha value is -1.94. The SMILES string of the molecule is CCCCCCCCCCCCCCCC(=O)OC[C@H](COP(=O)(O)OC[C@@H](O)COP(=O)(O)OC[C@@H](COC(=O)CCCCCCCCCCCCC)OC(=O)CCCCCCCCCCC(C)CC)OC(=O)CCCCCCCCCCCCC(C)C. The van der Waals surface area contributed by atoms with Crippen LogP contribution in [0.3, 0.4) is 0 Å². The van der Waals surface area contributed by atoms with Crippen LogP contribution in [0.15, 0.2) is 0 Å². The molecule has 6 atom stereocenters. The first-order valence-electron chi connectivity index (χ1n) is 36.5. The zero-order valence-corrected chi connectivity index (χ0v) is 59.5. The smallest absolute Gasteiger partial charge is 0.462 e. The molecule has 3 unspecified atom stereocenters. The second-order valence-corrected chi connectivity index (χ2v) is 28.9. The van der Waals surface area contributed by atoms with Gasteiger partial charge in [0.15, 0.2) is 12.2 Å². The first-order valence-corrected chi connectivity index (χ1v) is 39.5. The zero-order chi connectivity index (χ0) is 65.7. The molecule has 89 heavy (non-hydrogen) atoms. The molecule has 0 aromatic heterocycles. The minimum atomic E-state index is -4.95. The predicted molar refractivity (Wildman–Crippen MR) is 358 cm³/mol. The highest BCUT2D eigenvalue weighted by Crippen LogP contribution is 2.45. The minimum Gasteiger partial charge on any atom is -0.462 e. The van der Waals surface area contributed by atoms with E-state index in [9.17, 15) is 43.2 Å². The van der Waals surface area contributed by atoms with Crippen LogP contribution in [0.5, 0.6) is 0 Å². The molecule has 0 bridgehead atoms. The maximum atomic E-state index is 13.0. The third kappa shape index (κ3) is 63.2. The number of hydrogen-bond acceptors (Lipinski definition) is 15. The number of rotatable bonds is 69. The van der Waals surface area contributed by atoms with Gasteiger partial charge in [-0.2, -0.15) is 0 Å². The summed E-state index contributed by atoms with van der Waals surface area (Å²) in [5.74, 6) is -0.602. The second kappa shape index (κ2) is 62.2. The number of carbonyl (C=O) groups is 4. The van der Waals surface area contributed by atoms with Crippen molar-refractivity contribution in [3.8, 4) is 0 Å². The average Bonchev–Trinajstić information content (AvgIpc) is 3.71. The normalized spacial score (nSPS) is 14.4. The van der Waals surface area contributed by atoms with Crippen molar-refractivity contribution >= 4 is 39.5 Å². The van der Waals surface area contributed by atoms with Gasteiger partial charge in [0, 0.05) is 25.7 Å². The van der Waals surface area contributed by atoms with E-state index in [4.69, 9.17) is 37.0 Å². The van der Waals surface area contributed by atoms with Crippen molar-refractivity contribution in [3.05, 3.63) is 0 Å². The average molecular weight is 1310 g/mol. The molecule has 0 heterocycles. The Bertz CT molecular complexity index is 1740. The number of phosphoric ester groups is 2. The Morgan fingerprint density at radius 2 is 0.573 bits per heavy atom. The summed E-state index contributed by atoms with van der Waals surface area (Å²) < 4.78 is 68.3. The number of aliphatic hydroxyl groups excluding tert-OH is 1. The molecule has 0 aromatic rings. The molecule has 0 saturated carbocycles. The van der Waals surface area contributed by atoms with Gasteiger partial charge in [0.25, 0.3) is 0 Å². The number of ether oxygens (including phenoxy) is 4. The lowest BCUT2D eigenvalue weighted by Gasteiger charge is -2.21. The summed E-state index contributed by atoms with van der Waals surface area (Å²) in [5, 5.41) is 10.6. The molecule has 0 radical (unpaired) electrons. The van der Waals surface area contributed by atoms with Gasteiger partial charge < -0.3 is 33.8 Å². The third-order valence-electron chi connectivity index (χ3n) is 16.6. The van der Waals surface area contributed by atoms with Crippen LogP contribution in [0.25, 0.3) is 0 Å². The second-order valence-electron chi connectivity index (χ2n) is 26.0. The lowest BCUT2D eigenvalue weighted by Crippen LogP contribution is -2.30. The number of phosphoric acid groups is 2. The van der Waals surface area contributed by atoms with Crippen molar-refractivity contribution in [2.75, 3.05) is 39.6 Å². The van der Waals surface area contributed by atoms with Crippen LogP contribution in [0, 0.1) is 11.8 Å². The molecule has 0 saturated heterocycles. The van der Waals surface area contributed by atoms with Gasteiger partial charge in [-0.3, -0.25) is 37.3 Å².